The highest BCUT2D eigenvalue weighted by molar-refractivity contribution is 7.17. The van der Waals surface area contributed by atoms with E-state index in [0.717, 1.165) is 11.3 Å². The summed E-state index contributed by atoms with van der Waals surface area (Å²) >= 11 is 1.24. The van der Waals surface area contributed by atoms with E-state index in [0.29, 0.717) is 28.8 Å². The molecule has 2 heterocycles. The van der Waals surface area contributed by atoms with Crippen molar-refractivity contribution in [2.24, 2.45) is 0 Å². The van der Waals surface area contributed by atoms with Gasteiger partial charge in [0.05, 0.1) is 18.9 Å². The highest BCUT2D eigenvalue weighted by atomic mass is 32.1. The molecule has 1 fully saturated rings. The number of ether oxygens (including phenoxy) is 2. The van der Waals surface area contributed by atoms with Crippen LogP contribution in [0.2, 0.25) is 0 Å². The molecule has 8 heteroatoms. The van der Waals surface area contributed by atoms with E-state index in [-0.39, 0.29) is 13.0 Å². The fourth-order valence-corrected chi connectivity index (χ4v) is 3.72. The van der Waals surface area contributed by atoms with Crippen LogP contribution in [-0.2, 0) is 9.53 Å². The van der Waals surface area contributed by atoms with Gasteiger partial charge in [-0.1, -0.05) is 0 Å². The fraction of sp³-hybridized carbons (Fsp3) is 0.389. The van der Waals surface area contributed by atoms with Crippen LogP contribution >= 0.6 is 11.3 Å². The van der Waals surface area contributed by atoms with Crippen LogP contribution in [0.1, 0.15) is 28.7 Å². The second kappa shape index (κ2) is 7.43. The molecule has 0 spiro atoms. The first kappa shape index (κ1) is 18.3. The topological polar surface area (TPSA) is 97.8 Å². The minimum atomic E-state index is -1.37. The molecular weight excluding hydrogens is 356 g/mol. The zero-order valence-electron chi connectivity index (χ0n) is 14.6. The molecule has 7 nitrogen and oxygen atoms in total. The van der Waals surface area contributed by atoms with Gasteiger partial charge in [0.15, 0.2) is 5.54 Å². The Morgan fingerprint density at radius 3 is 2.69 bits per heavy atom. The number of aliphatic carboxylic acids is 1. The lowest BCUT2D eigenvalue weighted by atomic mass is 9.99. The van der Waals surface area contributed by atoms with Gasteiger partial charge in [-0.05, 0) is 38.1 Å². The number of carbonyl (C=O) groups is 2. The second-order valence-electron chi connectivity index (χ2n) is 6.03. The average Bonchev–Trinajstić information content (AvgIpc) is 3.23. The van der Waals surface area contributed by atoms with Crippen LogP contribution in [0.3, 0.4) is 0 Å². The molecule has 1 amide bonds. The first-order valence-electron chi connectivity index (χ1n) is 8.29. The molecule has 1 aromatic carbocycles. The Morgan fingerprint density at radius 1 is 1.38 bits per heavy atom. The smallest absolute Gasteiger partial charge is 0.331 e. The van der Waals surface area contributed by atoms with Gasteiger partial charge in [0, 0.05) is 18.6 Å². The van der Waals surface area contributed by atoms with Crippen molar-refractivity contribution in [1.82, 2.24) is 10.3 Å². The molecule has 26 heavy (non-hydrogen) atoms. The number of aryl methyl sites for hydroxylation is 1. The Bertz CT molecular complexity index is 809. The fourth-order valence-electron chi connectivity index (χ4n) is 2.75. The predicted molar refractivity (Wildman–Crippen MR) is 96.7 cm³/mol. The van der Waals surface area contributed by atoms with E-state index in [9.17, 15) is 14.7 Å². The van der Waals surface area contributed by atoms with E-state index in [2.05, 4.69) is 10.3 Å². The van der Waals surface area contributed by atoms with Gasteiger partial charge >= 0.3 is 5.97 Å². The highest BCUT2D eigenvalue weighted by Crippen LogP contribution is 2.30. The van der Waals surface area contributed by atoms with Crippen LogP contribution < -0.4 is 10.1 Å². The monoisotopic (exact) mass is 376 g/mol. The quantitative estimate of drug-likeness (QED) is 0.804. The molecule has 1 aliphatic rings. The standard InChI is InChI=1S/C18H20N2O5S/c1-3-25-13-6-4-12(5-7-13)16-19-11(2)14(26-16)15(21)20-18(17(22)23)8-9-24-10-18/h4-7H,3,8-10H2,1-2H3,(H,20,21)(H,22,23). The minimum Gasteiger partial charge on any atom is -0.494 e. The van der Waals surface area contributed by atoms with E-state index in [1.165, 1.54) is 11.3 Å². The lowest BCUT2D eigenvalue weighted by Crippen LogP contribution is -2.55. The number of carboxylic acids is 1. The Hall–Kier alpha value is -2.45. The van der Waals surface area contributed by atoms with Crippen molar-refractivity contribution in [3.63, 3.8) is 0 Å². The van der Waals surface area contributed by atoms with Gasteiger partial charge < -0.3 is 19.9 Å². The number of carbonyl (C=O) groups excluding carboxylic acids is 1. The van der Waals surface area contributed by atoms with Gasteiger partial charge in [-0.25, -0.2) is 9.78 Å². The number of rotatable bonds is 6. The summed E-state index contributed by atoms with van der Waals surface area (Å²) in [5, 5.41) is 12.8. The Kier molecular flexibility index (Phi) is 5.24. The van der Waals surface area contributed by atoms with E-state index >= 15 is 0 Å². The van der Waals surface area contributed by atoms with E-state index < -0.39 is 17.4 Å². The molecule has 2 aromatic rings. The maximum atomic E-state index is 12.6. The van der Waals surface area contributed by atoms with Crippen molar-refractivity contribution in [1.29, 1.82) is 0 Å². The van der Waals surface area contributed by atoms with Crippen molar-refractivity contribution in [2.75, 3.05) is 19.8 Å². The number of nitrogens with one attached hydrogen (secondary N) is 1. The number of thiazole rings is 1. The third kappa shape index (κ3) is 3.56. The van der Waals surface area contributed by atoms with Gasteiger partial charge in [-0.3, -0.25) is 4.79 Å². The number of carboxylic acid groups (broad SMARTS) is 1. The molecule has 1 aliphatic heterocycles. The number of aromatic nitrogens is 1. The molecule has 0 saturated carbocycles. The van der Waals surface area contributed by atoms with E-state index in [1.807, 2.05) is 31.2 Å². The lowest BCUT2D eigenvalue weighted by Gasteiger charge is -2.23. The molecule has 2 N–H and O–H groups in total. The molecular formula is C18H20N2O5S. The summed E-state index contributed by atoms with van der Waals surface area (Å²) in [6.07, 6.45) is 0.248. The summed E-state index contributed by atoms with van der Waals surface area (Å²) in [5.74, 6) is -0.755. The Labute approximate surface area is 155 Å². The molecule has 0 bridgehead atoms. The molecule has 1 unspecified atom stereocenters. The van der Waals surface area contributed by atoms with Crippen molar-refractivity contribution >= 4 is 23.2 Å². The first-order chi connectivity index (χ1) is 12.4. The largest absolute Gasteiger partial charge is 0.494 e. The summed E-state index contributed by atoms with van der Waals surface area (Å²) in [5.41, 5.74) is 0.0703. The molecule has 1 aromatic heterocycles. The van der Waals surface area contributed by atoms with Crippen molar-refractivity contribution < 1.29 is 24.2 Å². The average molecular weight is 376 g/mol. The normalized spacial score (nSPS) is 19.3. The van der Waals surface area contributed by atoms with Crippen LogP contribution in [0.5, 0.6) is 5.75 Å². The molecule has 0 aliphatic carbocycles. The first-order valence-corrected chi connectivity index (χ1v) is 9.11. The summed E-state index contributed by atoms with van der Waals surface area (Å²) < 4.78 is 10.6. The molecule has 0 radical (unpaired) electrons. The van der Waals surface area contributed by atoms with Crippen molar-refractivity contribution in [2.45, 2.75) is 25.8 Å². The Morgan fingerprint density at radius 2 is 2.12 bits per heavy atom. The van der Waals surface area contributed by atoms with Gasteiger partial charge in [0.2, 0.25) is 0 Å². The summed E-state index contributed by atoms with van der Waals surface area (Å²) in [6.45, 7) is 4.53. The minimum absolute atomic E-state index is 0.0301. The maximum absolute atomic E-state index is 12.6. The van der Waals surface area contributed by atoms with E-state index in [4.69, 9.17) is 9.47 Å². The number of amides is 1. The van der Waals surface area contributed by atoms with Gasteiger partial charge in [0.25, 0.3) is 5.91 Å². The summed E-state index contributed by atoms with van der Waals surface area (Å²) in [4.78, 5) is 29.1. The Balaban J connectivity index is 1.81. The van der Waals surface area contributed by atoms with Crippen LogP contribution in [0.4, 0.5) is 0 Å². The molecule has 1 atom stereocenters. The van der Waals surface area contributed by atoms with Gasteiger partial charge in [-0.15, -0.1) is 11.3 Å². The number of benzene rings is 1. The zero-order valence-corrected chi connectivity index (χ0v) is 15.4. The predicted octanol–water partition coefficient (Wildman–Crippen LogP) is 2.49. The molecule has 1 saturated heterocycles. The zero-order chi connectivity index (χ0) is 18.7. The maximum Gasteiger partial charge on any atom is 0.331 e. The second-order valence-corrected chi connectivity index (χ2v) is 7.03. The third-order valence-corrected chi connectivity index (χ3v) is 5.40. The number of hydrogen-bond acceptors (Lipinski definition) is 6. The number of hydrogen-bond donors (Lipinski definition) is 2. The lowest BCUT2D eigenvalue weighted by molar-refractivity contribution is -0.144. The molecule has 3 rings (SSSR count). The van der Waals surface area contributed by atoms with Crippen LogP contribution in [0.25, 0.3) is 10.6 Å². The van der Waals surface area contributed by atoms with E-state index in [1.54, 1.807) is 6.92 Å². The van der Waals surface area contributed by atoms with Crippen molar-refractivity contribution in [3.05, 3.63) is 34.8 Å². The van der Waals surface area contributed by atoms with Crippen LogP contribution in [-0.4, -0.2) is 47.3 Å². The third-order valence-electron chi connectivity index (χ3n) is 4.20. The van der Waals surface area contributed by atoms with Gasteiger partial charge in [-0.2, -0.15) is 0 Å². The highest BCUT2D eigenvalue weighted by Gasteiger charge is 2.44. The van der Waals surface area contributed by atoms with Crippen molar-refractivity contribution in [3.8, 4) is 16.3 Å². The number of nitrogens with zero attached hydrogens (tertiary/aromatic N) is 1. The summed E-state index contributed by atoms with van der Waals surface area (Å²) in [6, 6.07) is 7.47. The van der Waals surface area contributed by atoms with Crippen LogP contribution in [0, 0.1) is 6.92 Å². The van der Waals surface area contributed by atoms with Gasteiger partial charge in [0.1, 0.15) is 15.6 Å². The van der Waals surface area contributed by atoms with Crippen LogP contribution in [0.15, 0.2) is 24.3 Å². The molecule has 138 valence electrons. The SMILES string of the molecule is CCOc1ccc(-c2nc(C)c(C(=O)NC3(C(=O)O)CCOC3)s2)cc1. The summed E-state index contributed by atoms with van der Waals surface area (Å²) in [7, 11) is 0.